The largest absolute Gasteiger partial charge is 0.331 e. The Morgan fingerprint density at radius 1 is 1.32 bits per heavy atom. The summed E-state index contributed by atoms with van der Waals surface area (Å²) in [5.74, 6) is 1.20. The second-order valence-corrected chi connectivity index (χ2v) is 5.33. The van der Waals surface area contributed by atoms with E-state index in [1.807, 2.05) is 17.8 Å². The molecule has 2 aromatic rings. The van der Waals surface area contributed by atoms with Crippen LogP contribution in [0, 0.1) is 0 Å². The van der Waals surface area contributed by atoms with Crippen LogP contribution in [0.4, 0.5) is 0 Å². The maximum atomic E-state index is 4.79. The normalized spacial score (nSPS) is 14.7. The lowest BCUT2D eigenvalue weighted by atomic mass is 9.97. The van der Waals surface area contributed by atoms with Crippen molar-refractivity contribution in [1.82, 2.24) is 24.8 Å². The number of nitrogens with one attached hydrogen (secondary N) is 1. The second kappa shape index (κ2) is 4.74. The van der Waals surface area contributed by atoms with E-state index in [1.54, 1.807) is 6.33 Å². The molecule has 1 aliphatic heterocycles. The van der Waals surface area contributed by atoms with Gasteiger partial charge < -0.3 is 9.88 Å². The van der Waals surface area contributed by atoms with Crippen LogP contribution in [0.25, 0.3) is 11.5 Å². The van der Waals surface area contributed by atoms with Gasteiger partial charge in [0.05, 0.1) is 23.9 Å². The first-order valence-corrected chi connectivity index (χ1v) is 6.74. The van der Waals surface area contributed by atoms with Gasteiger partial charge in [0, 0.05) is 13.6 Å². The summed E-state index contributed by atoms with van der Waals surface area (Å²) < 4.78 is 1.96. The third kappa shape index (κ3) is 2.14. The fourth-order valence-corrected chi connectivity index (χ4v) is 2.55. The van der Waals surface area contributed by atoms with Crippen LogP contribution in [0.1, 0.15) is 36.7 Å². The second-order valence-electron chi connectivity index (χ2n) is 5.33. The average Bonchev–Trinajstić information content (AvgIpc) is 2.83. The van der Waals surface area contributed by atoms with E-state index >= 15 is 0 Å². The van der Waals surface area contributed by atoms with E-state index in [2.05, 4.69) is 24.1 Å². The Morgan fingerprint density at radius 2 is 2.16 bits per heavy atom. The van der Waals surface area contributed by atoms with Crippen LogP contribution in [0.3, 0.4) is 0 Å². The molecule has 5 heteroatoms. The van der Waals surface area contributed by atoms with Gasteiger partial charge in [-0.2, -0.15) is 0 Å². The summed E-state index contributed by atoms with van der Waals surface area (Å²) in [7, 11) is 1.97. The van der Waals surface area contributed by atoms with Crippen LogP contribution < -0.4 is 5.32 Å². The number of nitrogens with zero attached hydrogens (tertiary/aromatic N) is 4. The standard InChI is InChI=1S/C14H19N5/c1-9(2)13-10-4-5-15-6-11(10)17-14(18-13)12-7-16-8-19(12)3/h7-9,15H,4-6H2,1-3H3. The number of imidazole rings is 1. The van der Waals surface area contributed by atoms with E-state index < -0.39 is 0 Å². The highest BCUT2D eigenvalue weighted by Gasteiger charge is 2.20. The van der Waals surface area contributed by atoms with Crippen LogP contribution in [0.5, 0.6) is 0 Å². The maximum Gasteiger partial charge on any atom is 0.178 e. The minimum atomic E-state index is 0.418. The molecule has 1 aliphatic rings. The average molecular weight is 257 g/mol. The van der Waals surface area contributed by atoms with Crippen molar-refractivity contribution in [2.75, 3.05) is 6.54 Å². The van der Waals surface area contributed by atoms with Gasteiger partial charge in [-0.1, -0.05) is 13.8 Å². The van der Waals surface area contributed by atoms with Gasteiger partial charge in [0.1, 0.15) is 5.69 Å². The molecule has 0 bridgehead atoms. The van der Waals surface area contributed by atoms with E-state index in [4.69, 9.17) is 9.97 Å². The van der Waals surface area contributed by atoms with Gasteiger partial charge in [0.15, 0.2) is 5.82 Å². The number of fused-ring (bicyclic) bond motifs is 1. The molecular formula is C14H19N5. The first-order valence-electron chi connectivity index (χ1n) is 6.74. The van der Waals surface area contributed by atoms with Crippen LogP contribution in [-0.2, 0) is 20.0 Å². The van der Waals surface area contributed by atoms with Gasteiger partial charge in [-0.15, -0.1) is 0 Å². The molecule has 0 spiro atoms. The van der Waals surface area contributed by atoms with E-state index in [-0.39, 0.29) is 0 Å². The summed E-state index contributed by atoms with van der Waals surface area (Å²) in [6.45, 7) is 6.24. The van der Waals surface area contributed by atoms with Crippen molar-refractivity contribution in [2.45, 2.75) is 32.7 Å². The lowest BCUT2D eigenvalue weighted by molar-refractivity contribution is 0.608. The Hall–Kier alpha value is -1.75. The zero-order valence-electron chi connectivity index (χ0n) is 11.6. The Kier molecular flexibility index (Phi) is 3.06. The van der Waals surface area contributed by atoms with Crippen molar-refractivity contribution in [2.24, 2.45) is 7.05 Å². The summed E-state index contributed by atoms with van der Waals surface area (Å²) >= 11 is 0. The zero-order chi connectivity index (χ0) is 13.4. The van der Waals surface area contributed by atoms with Crippen molar-refractivity contribution in [3.05, 3.63) is 29.5 Å². The first kappa shape index (κ1) is 12.3. The number of aryl methyl sites for hydroxylation is 1. The van der Waals surface area contributed by atoms with Gasteiger partial charge in [-0.25, -0.2) is 15.0 Å². The highest BCUT2D eigenvalue weighted by molar-refractivity contribution is 5.50. The maximum absolute atomic E-state index is 4.79. The van der Waals surface area contributed by atoms with Crippen LogP contribution in [0.15, 0.2) is 12.5 Å². The SMILES string of the molecule is CC(C)c1nc(-c2cncn2C)nc2c1CCNC2. The summed E-state index contributed by atoms with van der Waals surface area (Å²) in [6.07, 6.45) is 4.63. The van der Waals surface area contributed by atoms with Crippen molar-refractivity contribution in [1.29, 1.82) is 0 Å². The fourth-order valence-electron chi connectivity index (χ4n) is 2.55. The molecule has 0 saturated heterocycles. The molecule has 0 fully saturated rings. The Morgan fingerprint density at radius 3 is 2.84 bits per heavy atom. The molecule has 0 amide bonds. The topological polar surface area (TPSA) is 55.6 Å². The molecule has 19 heavy (non-hydrogen) atoms. The monoisotopic (exact) mass is 257 g/mol. The molecule has 0 saturated carbocycles. The molecule has 0 atom stereocenters. The first-order chi connectivity index (χ1) is 9.16. The molecule has 5 nitrogen and oxygen atoms in total. The molecule has 2 aromatic heterocycles. The lowest BCUT2D eigenvalue weighted by Gasteiger charge is -2.21. The molecule has 100 valence electrons. The molecule has 0 unspecified atom stereocenters. The van der Waals surface area contributed by atoms with E-state index in [0.29, 0.717) is 5.92 Å². The van der Waals surface area contributed by atoms with Crippen LogP contribution >= 0.6 is 0 Å². The van der Waals surface area contributed by atoms with Gasteiger partial charge in [0.2, 0.25) is 0 Å². The van der Waals surface area contributed by atoms with Gasteiger partial charge in [0.25, 0.3) is 0 Å². The summed E-state index contributed by atoms with van der Waals surface area (Å²) in [5.41, 5.74) is 4.62. The van der Waals surface area contributed by atoms with E-state index in [0.717, 1.165) is 36.7 Å². The molecule has 0 aliphatic carbocycles. The highest BCUT2D eigenvalue weighted by Crippen LogP contribution is 2.25. The smallest absolute Gasteiger partial charge is 0.178 e. The van der Waals surface area contributed by atoms with Crippen molar-refractivity contribution in [3.63, 3.8) is 0 Å². The minimum absolute atomic E-state index is 0.418. The molecular weight excluding hydrogens is 238 g/mol. The molecule has 3 heterocycles. The third-order valence-corrected chi connectivity index (χ3v) is 3.56. The zero-order valence-corrected chi connectivity index (χ0v) is 11.6. The van der Waals surface area contributed by atoms with Crippen molar-refractivity contribution >= 4 is 0 Å². The van der Waals surface area contributed by atoms with E-state index in [1.165, 1.54) is 11.3 Å². The Bertz CT molecular complexity index is 600. The number of aromatic nitrogens is 4. The van der Waals surface area contributed by atoms with Gasteiger partial charge in [-0.05, 0) is 24.4 Å². The highest BCUT2D eigenvalue weighted by atomic mass is 15.1. The van der Waals surface area contributed by atoms with Crippen molar-refractivity contribution < 1.29 is 0 Å². The molecule has 1 N–H and O–H groups in total. The van der Waals surface area contributed by atoms with E-state index in [9.17, 15) is 0 Å². The lowest BCUT2D eigenvalue weighted by Crippen LogP contribution is -2.27. The molecule has 3 rings (SSSR count). The summed E-state index contributed by atoms with van der Waals surface area (Å²) in [5, 5.41) is 3.38. The number of hydrogen-bond donors (Lipinski definition) is 1. The number of hydrogen-bond acceptors (Lipinski definition) is 4. The Balaban J connectivity index is 2.17. The van der Waals surface area contributed by atoms with Crippen LogP contribution in [0.2, 0.25) is 0 Å². The summed E-state index contributed by atoms with van der Waals surface area (Å²) in [4.78, 5) is 13.7. The number of rotatable bonds is 2. The molecule has 0 aromatic carbocycles. The molecule has 0 radical (unpaired) electrons. The van der Waals surface area contributed by atoms with Crippen molar-refractivity contribution in [3.8, 4) is 11.5 Å². The summed E-state index contributed by atoms with van der Waals surface area (Å²) in [6, 6.07) is 0. The third-order valence-electron chi connectivity index (χ3n) is 3.56. The Labute approximate surface area is 113 Å². The predicted molar refractivity (Wildman–Crippen MR) is 73.7 cm³/mol. The quantitative estimate of drug-likeness (QED) is 0.888. The predicted octanol–water partition coefficient (Wildman–Crippen LogP) is 1.65. The van der Waals surface area contributed by atoms with Gasteiger partial charge in [-0.3, -0.25) is 0 Å². The van der Waals surface area contributed by atoms with Crippen LogP contribution in [-0.4, -0.2) is 26.1 Å². The van der Waals surface area contributed by atoms with Gasteiger partial charge >= 0.3 is 0 Å². The fraction of sp³-hybridized carbons (Fsp3) is 0.500. The minimum Gasteiger partial charge on any atom is -0.331 e.